The molecule has 0 aliphatic carbocycles. The van der Waals surface area contributed by atoms with Gasteiger partial charge in [0.1, 0.15) is 5.75 Å². The van der Waals surface area contributed by atoms with Crippen molar-refractivity contribution in [2.45, 2.75) is 33.3 Å². The first-order valence-corrected chi connectivity index (χ1v) is 9.35. The van der Waals surface area contributed by atoms with Gasteiger partial charge >= 0.3 is 4.87 Å². The Morgan fingerprint density at radius 1 is 1.23 bits per heavy atom. The monoisotopic (exact) mass is 370 g/mol. The number of carbonyl (C=O) groups is 1. The Hall–Kier alpha value is -2.60. The number of anilines is 1. The topological polar surface area (TPSA) is 60.3 Å². The maximum atomic E-state index is 12.6. The number of amides is 1. The SMILES string of the molecule is CCC(Oc1ccc(C)cc1C)C(=O)Nc1ccc2c(c1)sc(=O)n2C. The van der Waals surface area contributed by atoms with Crippen LogP contribution in [0.25, 0.3) is 10.2 Å². The van der Waals surface area contributed by atoms with E-state index in [-0.39, 0.29) is 10.8 Å². The van der Waals surface area contributed by atoms with Crippen LogP contribution in [0.2, 0.25) is 0 Å². The summed E-state index contributed by atoms with van der Waals surface area (Å²) in [7, 11) is 1.74. The van der Waals surface area contributed by atoms with Gasteiger partial charge in [-0.1, -0.05) is 36.0 Å². The highest BCUT2D eigenvalue weighted by molar-refractivity contribution is 7.16. The van der Waals surface area contributed by atoms with E-state index in [2.05, 4.69) is 5.32 Å². The van der Waals surface area contributed by atoms with Gasteiger partial charge < -0.3 is 14.6 Å². The second-order valence-electron chi connectivity index (χ2n) is 6.38. The molecular formula is C20H22N2O3S. The fourth-order valence-electron chi connectivity index (χ4n) is 2.84. The van der Waals surface area contributed by atoms with Gasteiger partial charge in [0.15, 0.2) is 6.10 Å². The van der Waals surface area contributed by atoms with Gasteiger partial charge in [-0.25, -0.2) is 0 Å². The van der Waals surface area contributed by atoms with Crippen molar-refractivity contribution in [2.24, 2.45) is 7.05 Å². The van der Waals surface area contributed by atoms with Gasteiger partial charge in [0.2, 0.25) is 0 Å². The van der Waals surface area contributed by atoms with Crippen molar-refractivity contribution in [3.05, 3.63) is 57.2 Å². The lowest BCUT2D eigenvalue weighted by Gasteiger charge is -2.19. The van der Waals surface area contributed by atoms with Crippen LogP contribution in [-0.2, 0) is 11.8 Å². The van der Waals surface area contributed by atoms with Crippen LogP contribution in [0.1, 0.15) is 24.5 Å². The van der Waals surface area contributed by atoms with Crippen molar-refractivity contribution in [3.63, 3.8) is 0 Å². The number of rotatable bonds is 5. The molecule has 5 nitrogen and oxygen atoms in total. The molecule has 0 aliphatic heterocycles. The molecule has 3 rings (SSSR count). The zero-order chi connectivity index (χ0) is 18.8. The first-order chi connectivity index (χ1) is 12.4. The number of hydrogen-bond acceptors (Lipinski definition) is 4. The molecule has 2 aromatic carbocycles. The molecule has 0 radical (unpaired) electrons. The van der Waals surface area contributed by atoms with Gasteiger partial charge in [-0.05, 0) is 50.1 Å². The van der Waals surface area contributed by atoms with Gasteiger partial charge in [0.25, 0.3) is 5.91 Å². The molecule has 1 N–H and O–H groups in total. The molecule has 1 atom stereocenters. The molecule has 1 unspecified atom stereocenters. The number of nitrogens with one attached hydrogen (secondary N) is 1. The number of hydrogen-bond donors (Lipinski definition) is 1. The molecule has 0 spiro atoms. The minimum atomic E-state index is -0.582. The van der Waals surface area contributed by atoms with E-state index in [9.17, 15) is 9.59 Å². The highest BCUT2D eigenvalue weighted by atomic mass is 32.1. The minimum absolute atomic E-state index is 0.0203. The normalized spacial score (nSPS) is 12.2. The van der Waals surface area contributed by atoms with E-state index >= 15 is 0 Å². The zero-order valence-corrected chi connectivity index (χ0v) is 16.1. The number of aryl methyl sites for hydroxylation is 3. The highest BCUT2D eigenvalue weighted by Gasteiger charge is 2.19. The minimum Gasteiger partial charge on any atom is -0.480 e. The molecule has 6 heteroatoms. The van der Waals surface area contributed by atoms with Crippen LogP contribution in [0.15, 0.2) is 41.2 Å². The number of carbonyl (C=O) groups excluding carboxylic acids is 1. The van der Waals surface area contributed by atoms with E-state index in [0.717, 1.165) is 32.7 Å². The molecule has 0 bridgehead atoms. The van der Waals surface area contributed by atoms with Gasteiger partial charge in [0, 0.05) is 12.7 Å². The number of benzene rings is 2. The van der Waals surface area contributed by atoms with Crippen molar-refractivity contribution in [2.75, 3.05) is 5.32 Å². The number of thiazole rings is 1. The van der Waals surface area contributed by atoms with Crippen molar-refractivity contribution in [1.82, 2.24) is 4.57 Å². The first-order valence-electron chi connectivity index (χ1n) is 8.53. The van der Waals surface area contributed by atoms with Crippen LogP contribution in [-0.4, -0.2) is 16.6 Å². The highest BCUT2D eigenvalue weighted by Crippen LogP contribution is 2.23. The van der Waals surface area contributed by atoms with E-state index in [1.54, 1.807) is 17.7 Å². The summed E-state index contributed by atoms with van der Waals surface area (Å²) in [4.78, 5) is 24.4. The number of nitrogens with zero attached hydrogens (tertiary/aromatic N) is 1. The smallest absolute Gasteiger partial charge is 0.307 e. The van der Waals surface area contributed by atoms with E-state index in [1.165, 1.54) is 0 Å². The Morgan fingerprint density at radius 2 is 2.00 bits per heavy atom. The molecule has 1 aromatic heterocycles. The fourth-order valence-corrected chi connectivity index (χ4v) is 3.76. The average molecular weight is 370 g/mol. The van der Waals surface area contributed by atoms with Crippen molar-refractivity contribution in [1.29, 1.82) is 0 Å². The average Bonchev–Trinajstić information content (AvgIpc) is 2.88. The Morgan fingerprint density at radius 3 is 2.69 bits per heavy atom. The lowest BCUT2D eigenvalue weighted by Crippen LogP contribution is -2.32. The van der Waals surface area contributed by atoms with Gasteiger partial charge in [-0.3, -0.25) is 9.59 Å². The third-order valence-corrected chi connectivity index (χ3v) is 5.32. The molecule has 0 fully saturated rings. The molecule has 3 aromatic rings. The first kappa shape index (κ1) is 18.2. The summed E-state index contributed by atoms with van der Waals surface area (Å²) in [6, 6.07) is 11.4. The lowest BCUT2D eigenvalue weighted by molar-refractivity contribution is -0.122. The Balaban J connectivity index is 1.77. The predicted octanol–water partition coefficient (Wildman–Crippen LogP) is 4.01. The van der Waals surface area contributed by atoms with Crippen LogP contribution in [0.5, 0.6) is 5.75 Å². The Kier molecular flexibility index (Phi) is 5.13. The van der Waals surface area contributed by atoms with Crippen molar-refractivity contribution >= 4 is 33.1 Å². The van der Waals surface area contributed by atoms with E-state index < -0.39 is 6.10 Å². The van der Waals surface area contributed by atoms with E-state index in [4.69, 9.17) is 4.74 Å². The molecule has 136 valence electrons. The summed E-state index contributed by atoms with van der Waals surface area (Å²) in [5.41, 5.74) is 3.68. The summed E-state index contributed by atoms with van der Waals surface area (Å²) in [6.45, 7) is 5.91. The van der Waals surface area contributed by atoms with Crippen LogP contribution in [0.3, 0.4) is 0 Å². The number of fused-ring (bicyclic) bond motifs is 1. The largest absolute Gasteiger partial charge is 0.480 e. The molecule has 0 saturated carbocycles. The lowest BCUT2D eigenvalue weighted by atomic mass is 10.1. The third kappa shape index (κ3) is 3.65. The quantitative estimate of drug-likeness (QED) is 0.738. The molecule has 0 saturated heterocycles. The summed E-state index contributed by atoms with van der Waals surface area (Å²) in [5, 5.41) is 2.90. The standard InChI is InChI=1S/C20H22N2O3S/c1-5-16(25-17-9-6-12(2)10-13(17)3)19(23)21-14-7-8-15-18(11-14)26-20(24)22(15)4/h6-11,16H,5H2,1-4H3,(H,21,23). The summed E-state index contributed by atoms with van der Waals surface area (Å²) >= 11 is 1.16. The van der Waals surface area contributed by atoms with Gasteiger partial charge in [0.05, 0.1) is 10.2 Å². The summed E-state index contributed by atoms with van der Waals surface area (Å²) in [5.74, 6) is 0.518. The summed E-state index contributed by atoms with van der Waals surface area (Å²) in [6.07, 6.45) is -0.0262. The zero-order valence-electron chi connectivity index (χ0n) is 15.3. The fraction of sp³-hybridized carbons (Fsp3) is 0.300. The summed E-state index contributed by atoms with van der Waals surface area (Å²) < 4.78 is 8.38. The van der Waals surface area contributed by atoms with E-state index in [1.807, 2.05) is 51.1 Å². The van der Waals surface area contributed by atoms with Crippen LogP contribution in [0, 0.1) is 13.8 Å². The maximum absolute atomic E-state index is 12.6. The van der Waals surface area contributed by atoms with Crippen molar-refractivity contribution < 1.29 is 9.53 Å². The number of aromatic nitrogens is 1. The molecule has 1 heterocycles. The molecule has 26 heavy (non-hydrogen) atoms. The molecule has 1 amide bonds. The van der Waals surface area contributed by atoms with Crippen LogP contribution < -0.4 is 14.9 Å². The Bertz CT molecular complexity index is 1020. The Labute approximate surface area is 156 Å². The molecular weight excluding hydrogens is 348 g/mol. The second-order valence-corrected chi connectivity index (χ2v) is 7.38. The van der Waals surface area contributed by atoms with Crippen molar-refractivity contribution in [3.8, 4) is 5.75 Å². The van der Waals surface area contributed by atoms with Crippen LogP contribution in [0.4, 0.5) is 5.69 Å². The van der Waals surface area contributed by atoms with Gasteiger partial charge in [-0.15, -0.1) is 0 Å². The third-order valence-electron chi connectivity index (χ3n) is 4.32. The molecule has 0 aliphatic rings. The second kappa shape index (κ2) is 7.33. The van der Waals surface area contributed by atoms with Gasteiger partial charge in [-0.2, -0.15) is 0 Å². The maximum Gasteiger partial charge on any atom is 0.307 e. The van der Waals surface area contributed by atoms with E-state index in [0.29, 0.717) is 17.9 Å². The number of ether oxygens (including phenoxy) is 1. The predicted molar refractivity (Wildman–Crippen MR) is 106 cm³/mol. The van der Waals surface area contributed by atoms with Crippen LogP contribution >= 0.6 is 11.3 Å².